The molecule has 0 aliphatic carbocycles. The maximum atomic E-state index is 12.1. The van der Waals surface area contributed by atoms with Crippen molar-refractivity contribution in [2.24, 2.45) is 0 Å². The number of rotatable bonds is 7. The van der Waals surface area contributed by atoms with Crippen molar-refractivity contribution in [3.05, 3.63) is 77.9 Å². The summed E-state index contributed by atoms with van der Waals surface area (Å²) in [6.07, 6.45) is 7.24. The predicted octanol–water partition coefficient (Wildman–Crippen LogP) is 5.21. The zero-order valence-electron chi connectivity index (χ0n) is 16.8. The molecule has 1 N–H and O–H groups in total. The zero-order valence-corrected chi connectivity index (χ0v) is 16.8. The van der Waals surface area contributed by atoms with Crippen molar-refractivity contribution >= 4 is 16.9 Å². The Bertz CT molecular complexity index is 1140. The van der Waals surface area contributed by atoms with E-state index in [1.807, 2.05) is 30.6 Å². The van der Waals surface area contributed by atoms with Crippen molar-refractivity contribution in [3.63, 3.8) is 0 Å². The van der Waals surface area contributed by atoms with Crippen LogP contribution in [0.25, 0.3) is 22.2 Å². The second kappa shape index (κ2) is 8.35. The van der Waals surface area contributed by atoms with E-state index < -0.39 is 0 Å². The summed E-state index contributed by atoms with van der Waals surface area (Å²) in [4.78, 5) is 20.0. The summed E-state index contributed by atoms with van der Waals surface area (Å²) in [5.41, 5.74) is 4.57. The molecular formula is C24H25N3O2. The van der Waals surface area contributed by atoms with Crippen LogP contribution >= 0.6 is 0 Å². The number of hydrogen-bond donors (Lipinski definition) is 1. The fourth-order valence-electron chi connectivity index (χ4n) is 3.68. The van der Waals surface area contributed by atoms with Gasteiger partial charge in [0.05, 0.1) is 12.7 Å². The highest BCUT2D eigenvalue weighted by Gasteiger charge is 2.14. The molecule has 0 radical (unpaired) electrons. The summed E-state index contributed by atoms with van der Waals surface area (Å²) < 4.78 is 7.15. The second-order valence-electron chi connectivity index (χ2n) is 7.22. The van der Waals surface area contributed by atoms with Gasteiger partial charge in [-0.3, -0.25) is 0 Å². The maximum Gasteiger partial charge on any atom is 0.338 e. The molecule has 0 aliphatic rings. The summed E-state index contributed by atoms with van der Waals surface area (Å²) in [5, 5.41) is 1.12. The number of carbonyl (C=O) groups excluding carboxylic acids is 1. The van der Waals surface area contributed by atoms with E-state index in [0.717, 1.165) is 53.8 Å². The van der Waals surface area contributed by atoms with Crippen molar-refractivity contribution in [3.8, 4) is 11.3 Å². The molecule has 2 heterocycles. The molecule has 2 aromatic heterocycles. The Morgan fingerprint density at radius 1 is 1.17 bits per heavy atom. The van der Waals surface area contributed by atoms with Crippen molar-refractivity contribution in [1.82, 2.24) is 14.5 Å². The van der Waals surface area contributed by atoms with Crippen LogP contribution in [0.1, 0.15) is 41.5 Å². The highest BCUT2D eigenvalue weighted by atomic mass is 16.5. The lowest BCUT2D eigenvalue weighted by Gasteiger charge is -2.08. The van der Waals surface area contributed by atoms with E-state index in [4.69, 9.17) is 4.74 Å². The van der Waals surface area contributed by atoms with Crippen molar-refractivity contribution in [2.45, 2.75) is 32.7 Å². The minimum atomic E-state index is -0.334. The highest BCUT2D eigenvalue weighted by molar-refractivity contribution is 5.98. The Labute approximate surface area is 170 Å². The number of benzene rings is 2. The van der Waals surface area contributed by atoms with Gasteiger partial charge in [-0.1, -0.05) is 37.6 Å². The van der Waals surface area contributed by atoms with E-state index >= 15 is 0 Å². The Kier molecular flexibility index (Phi) is 5.47. The van der Waals surface area contributed by atoms with Crippen LogP contribution in [0, 0.1) is 0 Å². The van der Waals surface area contributed by atoms with Gasteiger partial charge >= 0.3 is 5.97 Å². The molecule has 0 atom stereocenters. The van der Waals surface area contributed by atoms with E-state index in [9.17, 15) is 4.79 Å². The van der Waals surface area contributed by atoms with Gasteiger partial charge in [-0.05, 0) is 36.2 Å². The molecule has 5 heteroatoms. The van der Waals surface area contributed by atoms with Crippen LogP contribution in [0.5, 0.6) is 0 Å². The first-order valence-corrected chi connectivity index (χ1v) is 9.99. The number of unbranched alkanes of at least 4 members (excludes halogenated alkanes) is 1. The minimum Gasteiger partial charge on any atom is -0.465 e. The molecule has 4 rings (SSSR count). The number of methoxy groups -OCH3 is 1. The third-order valence-electron chi connectivity index (χ3n) is 5.22. The molecule has 0 aliphatic heterocycles. The van der Waals surface area contributed by atoms with E-state index in [1.54, 1.807) is 6.07 Å². The highest BCUT2D eigenvalue weighted by Crippen LogP contribution is 2.28. The molecular weight excluding hydrogens is 362 g/mol. The van der Waals surface area contributed by atoms with Crippen LogP contribution in [0.4, 0.5) is 0 Å². The number of aromatic amines is 1. The zero-order chi connectivity index (χ0) is 20.2. The lowest BCUT2D eigenvalue weighted by molar-refractivity contribution is 0.0601. The second-order valence-corrected chi connectivity index (χ2v) is 7.22. The van der Waals surface area contributed by atoms with Crippen LogP contribution < -0.4 is 0 Å². The average Bonchev–Trinajstić information content (AvgIpc) is 3.38. The molecule has 0 saturated carbocycles. The molecule has 0 bridgehead atoms. The van der Waals surface area contributed by atoms with Crippen LogP contribution in [-0.4, -0.2) is 27.6 Å². The number of aromatic nitrogens is 3. The third kappa shape index (κ3) is 3.94. The molecule has 0 saturated heterocycles. The SMILES string of the molecule is CCCCc1nccn1Cc1ccc2[nH]c(-c3ccccc3C(=O)OC)cc2c1. The first-order valence-electron chi connectivity index (χ1n) is 9.99. The Morgan fingerprint density at radius 2 is 2.03 bits per heavy atom. The van der Waals surface area contributed by atoms with Gasteiger partial charge in [0.25, 0.3) is 0 Å². The summed E-state index contributed by atoms with van der Waals surface area (Å²) >= 11 is 0. The maximum absolute atomic E-state index is 12.1. The number of aryl methyl sites for hydroxylation is 1. The first kappa shape index (κ1) is 19.0. The number of carbonyl (C=O) groups is 1. The number of H-pyrrole nitrogens is 1. The predicted molar refractivity (Wildman–Crippen MR) is 115 cm³/mol. The van der Waals surface area contributed by atoms with Crippen LogP contribution in [-0.2, 0) is 17.7 Å². The third-order valence-corrected chi connectivity index (χ3v) is 5.22. The number of imidazole rings is 1. The summed E-state index contributed by atoms with van der Waals surface area (Å²) in [5.74, 6) is 0.799. The van der Waals surface area contributed by atoms with Crippen LogP contribution in [0.15, 0.2) is 60.9 Å². The number of nitrogens with one attached hydrogen (secondary N) is 1. The Morgan fingerprint density at radius 3 is 2.86 bits per heavy atom. The number of nitrogens with zero attached hydrogens (tertiary/aromatic N) is 2. The van der Waals surface area contributed by atoms with E-state index in [0.29, 0.717) is 5.56 Å². The van der Waals surface area contributed by atoms with Gasteiger partial charge < -0.3 is 14.3 Å². The molecule has 29 heavy (non-hydrogen) atoms. The smallest absolute Gasteiger partial charge is 0.338 e. The van der Waals surface area contributed by atoms with Crippen molar-refractivity contribution in [2.75, 3.05) is 7.11 Å². The number of hydrogen-bond acceptors (Lipinski definition) is 3. The van der Waals surface area contributed by atoms with Gasteiger partial charge in [-0.2, -0.15) is 0 Å². The number of fused-ring (bicyclic) bond motifs is 1. The number of ether oxygens (including phenoxy) is 1. The average molecular weight is 387 g/mol. The van der Waals surface area contributed by atoms with E-state index in [-0.39, 0.29) is 5.97 Å². The molecule has 0 unspecified atom stereocenters. The topological polar surface area (TPSA) is 59.9 Å². The van der Waals surface area contributed by atoms with E-state index in [2.05, 4.69) is 45.7 Å². The standard InChI is InChI=1S/C24H25N3O2/c1-3-4-9-23-25-12-13-27(23)16-17-10-11-21-18(14-17)15-22(26-21)19-7-5-6-8-20(19)24(28)29-2/h5-8,10-15,26H,3-4,9,16H2,1-2H3. The summed E-state index contributed by atoms with van der Waals surface area (Å²) in [7, 11) is 1.40. The fraction of sp³-hybridized carbons (Fsp3) is 0.250. The van der Waals surface area contributed by atoms with Crippen LogP contribution in [0.2, 0.25) is 0 Å². The molecule has 0 amide bonds. The van der Waals surface area contributed by atoms with Crippen molar-refractivity contribution < 1.29 is 9.53 Å². The number of esters is 1. The molecule has 0 spiro atoms. The fourth-order valence-corrected chi connectivity index (χ4v) is 3.68. The Balaban J connectivity index is 1.64. The largest absolute Gasteiger partial charge is 0.465 e. The molecule has 2 aromatic carbocycles. The van der Waals surface area contributed by atoms with Gasteiger partial charge in [0, 0.05) is 47.5 Å². The monoisotopic (exact) mass is 387 g/mol. The van der Waals surface area contributed by atoms with Gasteiger partial charge in [-0.25, -0.2) is 9.78 Å². The van der Waals surface area contributed by atoms with Crippen molar-refractivity contribution in [1.29, 1.82) is 0 Å². The molecule has 4 aromatic rings. The lowest BCUT2D eigenvalue weighted by Crippen LogP contribution is -2.04. The van der Waals surface area contributed by atoms with Gasteiger partial charge in [-0.15, -0.1) is 0 Å². The summed E-state index contributed by atoms with van der Waals surface area (Å²) in [6, 6.07) is 16.0. The van der Waals surface area contributed by atoms with E-state index in [1.165, 1.54) is 12.7 Å². The molecule has 148 valence electrons. The molecule has 5 nitrogen and oxygen atoms in total. The van der Waals surface area contributed by atoms with Gasteiger partial charge in [0.15, 0.2) is 0 Å². The first-order chi connectivity index (χ1) is 14.2. The van der Waals surface area contributed by atoms with Gasteiger partial charge in [0.2, 0.25) is 0 Å². The van der Waals surface area contributed by atoms with Crippen LogP contribution in [0.3, 0.4) is 0 Å². The molecule has 0 fully saturated rings. The minimum absolute atomic E-state index is 0.334. The lowest BCUT2D eigenvalue weighted by atomic mass is 10.0. The quantitative estimate of drug-likeness (QED) is 0.443. The Hall–Kier alpha value is -3.34. The normalized spacial score (nSPS) is 11.1. The summed E-state index contributed by atoms with van der Waals surface area (Å²) in [6.45, 7) is 3.00. The van der Waals surface area contributed by atoms with Gasteiger partial charge in [0.1, 0.15) is 5.82 Å².